The molecular formula is C15H29ClN2O. The first kappa shape index (κ1) is 16.9. The smallest absolute Gasteiger partial charge is 0.145 e. The molecule has 0 bridgehead atoms. The SMILES string of the molecule is C[NH+](C)CC1CCCC(CN2CCCCC2)C1=O.[Cl-]. The molecule has 0 amide bonds. The third-order valence-electron chi connectivity index (χ3n) is 4.49. The van der Waals surface area contributed by atoms with Crippen LogP contribution in [-0.4, -0.2) is 51.0 Å². The van der Waals surface area contributed by atoms with Crippen LogP contribution in [0.1, 0.15) is 38.5 Å². The van der Waals surface area contributed by atoms with Crippen LogP contribution in [0.15, 0.2) is 0 Å². The number of carbonyl (C=O) groups excluding carboxylic acids is 1. The van der Waals surface area contributed by atoms with Gasteiger partial charge in [-0.15, -0.1) is 0 Å². The molecule has 1 heterocycles. The molecule has 2 fully saturated rings. The van der Waals surface area contributed by atoms with Crippen LogP contribution in [0.2, 0.25) is 0 Å². The molecule has 3 nitrogen and oxygen atoms in total. The topological polar surface area (TPSA) is 24.8 Å². The van der Waals surface area contributed by atoms with E-state index in [1.807, 2.05) is 0 Å². The van der Waals surface area contributed by atoms with Gasteiger partial charge in [0.05, 0.1) is 26.6 Å². The van der Waals surface area contributed by atoms with E-state index in [1.54, 1.807) is 0 Å². The second-order valence-electron chi connectivity index (χ2n) is 6.50. The number of Topliss-reactive ketones (excluding diaryl/α,β-unsaturated/α-hetero) is 1. The van der Waals surface area contributed by atoms with Crippen molar-refractivity contribution in [3.05, 3.63) is 0 Å². The Morgan fingerprint density at radius 1 is 1.05 bits per heavy atom. The van der Waals surface area contributed by atoms with Crippen LogP contribution >= 0.6 is 0 Å². The summed E-state index contributed by atoms with van der Waals surface area (Å²) in [4.78, 5) is 16.4. The summed E-state index contributed by atoms with van der Waals surface area (Å²) < 4.78 is 0. The minimum Gasteiger partial charge on any atom is -1.00 e. The van der Waals surface area contributed by atoms with Gasteiger partial charge in [0, 0.05) is 12.5 Å². The molecule has 1 aliphatic carbocycles. The van der Waals surface area contributed by atoms with Crippen molar-refractivity contribution < 1.29 is 22.1 Å². The minimum absolute atomic E-state index is 0. The zero-order chi connectivity index (χ0) is 13.0. The van der Waals surface area contributed by atoms with E-state index in [-0.39, 0.29) is 12.4 Å². The third kappa shape index (κ3) is 5.05. The lowest BCUT2D eigenvalue weighted by Crippen LogP contribution is -3.06. The average molecular weight is 289 g/mol. The second kappa shape index (κ2) is 8.23. The van der Waals surface area contributed by atoms with Crippen molar-refractivity contribution in [2.75, 3.05) is 40.3 Å². The summed E-state index contributed by atoms with van der Waals surface area (Å²) in [7, 11) is 4.31. The zero-order valence-electron chi connectivity index (χ0n) is 12.5. The molecular weight excluding hydrogens is 260 g/mol. The van der Waals surface area contributed by atoms with Crippen LogP contribution in [0.25, 0.3) is 0 Å². The molecule has 0 aromatic heterocycles. The predicted molar refractivity (Wildman–Crippen MR) is 73.8 cm³/mol. The second-order valence-corrected chi connectivity index (χ2v) is 6.50. The Hall–Kier alpha value is -0.120. The molecule has 1 saturated heterocycles. The number of rotatable bonds is 4. The number of halogens is 1. The van der Waals surface area contributed by atoms with E-state index in [2.05, 4.69) is 19.0 Å². The Labute approximate surface area is 124 Å². The van der Waals surface area contributed by atoms with Gasteiger partial charge < -0.3 is 22.2 Å². The van der Waals surface area contributed by atoms with Gasteiger partial charge in [-0.1, -0.05) is 12.8 Å². The Morgan fingerprint density at radius 3 is 2.32 bits per heavy atom. The first-order valence-electron chi connectivity index (χ1n) is 7.72. The lowest BCUT2D eigenvalue weighted by Gasteiger charge is -2.34. The molecule has 2 rings (SSSR count). The monoisotopic (exact) mass is 288 g/mol. The number of ketones is 1. The number of carbonyl (C=O) groups is 1. The molecule has 19 heavy (non-hydrogen) atoms. The number of quaternary nitrogens is 1. The molecule has 4 heteroatoms. The Balaban J connectivity index is 0.00000180. The highest BCUT2D eigenvalue weighted by atomic mass is 35.5. The number of likely N-dealkylation sites (tertiary alicyclic amines) is 1. The highest BCUT2D eigenvalue weighted by molar-refractivity contribution is 5.84. The van der Waals surface area contributed by atoms with Crippen molar-refractivity contribution in [1.82, 2.24) is 4.90 Å². The summed E-state index contributed by atoms with van der Waals surface area (Å²) >= 11 is 0. The highest BCUT2D eigenvalue weighted by Crippen LogP contribution is 2.26. The van der Waals surface area contributed by atoms with Gasteiger partial charge in [-0.3, -0.25) is 4.79 Å². The lowest BCUT2D eigenvalue weighted by atomic mass is 9.79. The number of hydrogen-bond acceptors (Lipinski definition) is 2. The fraction of sp³-hybridized carbons (Fsp3) is 0.933. The summed E-state index contributed by atoms with van der Waals surface area (Å²) in [5.74, 6) is 1.23. The van der Waals surface area contributed by atoms with E-state index >= 15 is 0 Å². The maximum Gasteiger partial charge on any atom is 0.145 e. The molecule has 1 aliphatic heterocycles. The molecule has 2 unspecified atom stereocenters. The highest BCUT2D eigenvalue weighted by Gasteiger charge is 2.33. The van der Waals surface area contributed by atoms with E-state index < -0.39 is 0 Å². The summed E-state index contributed by atoms with van der Waals surface area (Å²) in [5.41, 5.74) is 0. The quantitative estimate of drug-likeness (QED) is 0.624. The molecule has 0 spiro atoms. The van der Waals surface area contributed by atoms with Crippen molar-refractivity contribution in [1.29, 1.82) is 0 Å². The van der Waals surface area contributed by atoms with E-state index in [9.17, 15) is 4.79 Å². The van der Waals surface area contributed by atoms with Gasteiger partial charge in [0.15, 0.2) is 0 Å². The molecule has 112 valence electrons. The van der Waals surface area contributed by atoms with Gasteiger partial charge in [0.25, 0.3) is 0 Å². The summed E-state index contributed by atoms with van der Waals surface area (Å²) in [5, 5.41) is 0. The Bertz CT molecular complexity index is 277. The van der Waals surface area contributed by atoms with Gasteiger partial charge in [-0.2, -0.15) is 0 Å². The first-order chi connectivity index (χ1) is 8.66. The number of nitrogens with zero attached hydrogens (tertiary/aromatic N) is 1. The van der Waals surface area contributed by atoms with E-state index in [0.717, 1.165) is 25.9 Å². The van der Waals surface area contributed by atoms with Crippen molar-refractivity contribution in [3.8, 4) is 0 Å². The van der Waals surface area contributed by atoms with Crippen molar-refractivity contribution in [3.63, 3.8) is 0 Å². The van der Waals surface area contributed by atoms with Crippen molar-refractivity contribution >= 4 is 5.78 Å². The number of piperidine rings is 1. The number of hydrogen-bond donors (Lipinski definition) is 1. The van der Waals surface area contributed by atoms with Crippen LogP contribution in [-0.2, 0) is 4.79 Å². The Kier molecular flexibility index (Phi) is 7.33. The average Bonchev–Trinajstić information content (AvgIpc) is 2.35. The molecule has 1 saturated carbocycles. The minimum atomic E-state index is 0. The van der Waals surface area contributed by atoms with Crippen LogP contribution in [0.4, 0.5) is 0 Å². The van der Waals surface area contributed by atoms with Gasteiger partial charge >= 0.3 is 0 Å². The third-order valence-corrected chi connectivity index (χ3v) is 4.49. The van der Waals surface area contributed by atoms with Crippen LogP contribution in [0, 0.1) is 11.8 Å². The molecule has 0 aromatic carbocycles. The maximum absolute atomic E-state index is 12.5. The largest absolute Gasteiger partial charge is 1.00 e. The van der Waals surface area contributed by atoms with E-state index in [1.165, 1.54) is 43.7 Å². The summed E-state index contributed by atoms with van der Waals surface area (Å²) in [6.07, 6.45) is 7.54. The molecule has 0 radical (unpaired) electrons. The standard InChI is InChI=1S/C15H28N2O.ClH/c1-16(2)11-13-7-6-8-14(15(13)18)12-17-9-4-3-5-10-17;/h13-14H,3-12H2,1-2H3;1H. The van der Waals surface area contributed by atoms with E-state index in [0.29, 0.717) is 17.6 Å². The molecule has 0 aromatic rings. The lowest BCUT2D eigenvalue weighted by molar-refractivity contribution is -0.861. The van der Waals surface area contributed by atoms with Crippen LogP contribution in [0.3, 0.4) is 0 Å². The summed E-state index contributed by atoms with van der Waals surface area (Å²) in [6.45, 7) is 4.49. The Morgan fingerprint density at radius 2 is 1.68 bits per heavy atom. The maximum atomic E-state index is 12.5. The zero-order valence-corrected chi connectivity index (χ0v) is 13.2. The number of nitrogens with one attached hydrogen (secondary N) is 1. The van der Waals surface area contributed by atoms with Gasteiger partial charge in [-0.25, -0.2) is 0 Å². The summed E-state index contributed by atoms with van der Waals surface area (Å²) in [6, 6.07) is 0. The van der Waals surface area contributed by atoms with Gasteiger partial charge in [-0.05, 0) is 38.8 Å². The fourth-order valence-electron chi connectivity index (χ4n) is 3.56. The van der Waals surface area contributed by atoms with Crippen molar-refractivity contribution in [2.24, 2.45) is 11.8 Å². The molecule has 1 N–H and O–H groups in total. The van der Waals surface area contributed by atoms with Crippen molar-refractivity contribution in [2.45, 2.75) is 38.5 Å². The van der Waals surface area contributed by atoms with Crippen LogP contribution < -0.4 is 17.3 Å². The predicted octanol–water partition coefficient (Wildman–Crippen LogP) is -2.39. The fourth-order valence-corrected chi connectivity index (χ4v) is 3.56. The van der Waals surface area contributed by atoms with Gasteiger partial charge in [0.1, 0.15) is 5.78 Å². The first-order valence-corrected chi connectivity index (χ1v) is 7.72. The normalized spacial score (nSPS) is 29.3. The molecule has 2 aliphatic rings. The van der Waals surface area contributed by atoms with Gasteiger partial charge in [0.2, 0.25) is 0 Å². The molecule has 2 atom stereocenters. The van der Waals surface area contributed by atoms with Crippen LogP contribution in [0.5, 0.6) is 0 Å². The van der Waals surface area contributed by atoms with E-state index in [4.69, 9.17) is 0 Å².